The van der Waals surface area contributed by atoms with Crippen LogP contribution in [0.2, 0.25) is 0 Å². The van der Waals surface area contributed by atoms with Gasteiger partial charge in [0.2, 0.25) is 5.78 Å². The molecule has 1 aromatic rings. The fraction of sp³-hybridized carbons (Fsp3) is 0.536. The summed E-state index contributed by atoms with van der Waals surface area (Å²) < 4.78 is 43.7. The molecule has 1 amide bonds. The first-order valence-electron chi connectivity index (χ1n) is 13.3. The summed E-state index contributed by atoms with van der Waals surface area (Å²) in [7, 11) is 2.93. The highest BCUT2D eigenvalue weighted by Crippen LogP contribution is 2.54. The van der Waals surface area contributed by atoms with Gasteiger partial charge in [-0.05, 0) is 76.2 Å². The first kappa shape index (κ1) is 29.1. The van der Waals surface area contributed by atoms with Gasteiger partial charge in [-0.25, -0.2) is 0 Å². The van der Waals surface area contributed by atoms with Crippen molar-refractivity contribution in [2.75, 3.05) is 14.1 Å². The Bertz CT molecular complexity index is 1440. The summed E-state index contributed by atoms with van der Waals surface area (Å²) >= 11 is 0. The average Bonchev–Trinajstić information content (AvgIpc) is 2.82. The molecule has 41 heavy (non-hydrogen) atoms. The molecule has 0 unspecified atom stereocenters. The molecule has 1 aromatic carbocycles. The van der Waals surface area contributed by atoms with Crippen LogP contribution in [0.1, 0.15) is 59.7 Å². The van der Waals surface area contributed by atoms with Crippen molar-refractivity contribution in [3.63, 3.8) is 0 Å². The largest absolute Gasteiger partial charge is 0.510 e. The van der Waals surface area contributed by atoms with Gasteiger partial charge in [-0.1, -0.05) is 0 Å². The number of nitrogens with two attached hydrogens (primary N) is 1. The molecule has 0 aromatic heterocycles. The van der Waals surface area contributed by atoms with E-state index in [0.29, 0.717) is 0 Å². The molecule has 0 aliphatic heterocycles. The number of carbonyl (C=O) groups is 3. The Labute approximate surface area is 233 Å². The third kappa shape index (κ3) is 4.16. The second-order valence-corrected chi connectivity index (χ2v) is 12.0. The molecule has 13 heteroatoms. The number of carbonyl (C=O) groups excluding carboxylic acids is 3. The van der Waals surface area contributed by atoms with Crippen molar-refractivity contribution in [3.8, 4) is 5.75 Å². The van der Waals surface area contributed by atoms with Gasteiger partial charge in [0, 0.05) is 23.6 Å². The number of likely N-dealkylation sites (N-methyl/N-ethyl adjacent to an activating group) is 1. The molecule has 4 aliphatic carbocycles. The number of benzene rings is 1. The number of rotatable bonds is 5. The monoisotopic (exact) mass is 579 g/mol. The molecule has 1 saturated carbocycles. The Kier molecular flexibility index (Phi) is 6.59. The number of Topliss-reactive ketones (excluding diaryl/α,β-unsaturated/α-hetero) is 2. The van der Waals surface area contributed by atoms with E-state index in [-0.39, 0.29) is 24.1 Å². The Morgan fingerprint density at radius 3 is 2.34 bits per heavy atom. The van der Waals surface area contributed by atoms with Gasteiger partial charge in [0.15, 0.2) is 11.4 Å². The lowest BCUT2D eigenvalue weighted by Gasteiger charge is -2.50. The fourth-order valence-electron chi connectivity index (χ4n) is 7.08. The van der Waals surface area contributed by atoms with E-state index < -0.39 is 98.7 Å². The number of hydrogen-bond acceptors (Lipinski definition) is 9. The molecule has 0 heterocycles. The molecule has 0 bridgehead atoms. The number of phenols is 1. The molecule has 1 fully saturated rings. The zero-order chi connectivity index (χ0) is 30.4. The summed E-state index contributed by atoms with van der Waals surface area (Å²) in [6.07, 6.45) is -3.12. The summed E-state index contributed by atoms with van der Waals surface area (Å²) in [6, 6.07) is -0.359. The van der Waals surface area contributed by atoms with Gasteiger partial charge in [-0.15, -0.1) is 0 Å². The van der Waals surface area contributed by atoms with Gasteiger partial charge < -0.3 is 31.5 Å². The van der Waals surface area contributed by atoms with Crippen LogP contribution in [-0.4, -0.2) is 74.1 Å². The van der Waals surface area contributed by atoms with Crippen LogP contribution in [0.3, 0.4) is 0 Å². The van der Waals surface area contributed by atoms with Gasteiger partial charge in [-0.2, -0.15) is 13.2 Å². The van der Waals surface area contributed by atoms with E-state index in [0.717, 1.165) is 25.3 Å². The van der Waals surface area contributed by atoms with E-state index in [2.05, 4.69) is 5.32 Å². The van der Waals surface area contributed by atoms with Crippen LogP contribution in [0, 0.1) is 11.8 Å². The fourth-order valence-corrected chi connectivity index (χ4v) is 7.08. The SMILES string of the molecule is CN(C)[C@@H]1C(O)=C(C(N)=O)C(=O)[C@@]2(O)C(O)=C3C(=O)c4c(O)cc(CNC5(C)CCC5)c(C(F)(F)F)c4C[C@H]3C[C@@H]12. The number of nitrogens with zero attached hydrogens (tertiary/aromatic N) is 1. The molecular weight excluding hydrogens is 547 g/mol. The van der Waals surface area contributed by atoms with E-state index in [1.54, 1.807) is 0 Å². The molecule has 4 aliphatic rings. The third-order valence-corrected chi connectivity index (χ3v) is 9.25. The van der Waals surface area contributed by atoms with Crippen LogP contribution in [0.4, 0.5) is 13.2 Å². The van der Waals surface area contributed by atoms with Gasteiger partial charge in [-0.3, -0.25) is 19.3 Å². The number of nitrogens with one attached hydrogen (secondary N) is 1. The number of amides is 1. The predicted molar refractivity (Wildman–Crippen MR) is 138 cm³/mol. The Morgan fingerprint density at radius 1 is 1.20 bits per heavy atom. The minimum atomic E-state index is -4.89. The minimum Gasteiger partial charge on any atom is -0.510 e. The van der Waals surface area contributed by atoms with E-state index >= 15 is 0 Å². The van der Waals surface area contributed by atoms with Gasteiger partial charge in [0.05, 0.1) is 17.2 Å². The maximum Gasteiger partial charge on any atom is 0.417 e. The lowest BCUT2D eigenvalue weighted by molar-refractivity contribution is -0.148. The van der Waals surface area contributed by atoms with Crippen LogP contribution in [-0.2, 0) is 28.7 Å². The standard InChI is InChI=1S/C28H32F3N3O7/c1-26(5-4-6-26)33-10-12-9-15(35)17-13(19(12)28(29,30)31)7-11-8-14-20(34(2)3)22(37)18(25(32)40)24(39)27(14,41)23(38)16(11)21(17)36/h9,11,14,20,33,35,37-38,41H,4-8,10H2,1-3H3,(H2,32,40)/t11-,14-,20-,27-/m0/s1. The molecule has 0 radical (unpaired) electrons. The summed E-state index contributed by atoms with van der Waals surface area (Å²) in [5.41, 5.74) is -1.78. The van der Waals surface area contributed by atoms with Crippen molar-refractivity contribution in [1.82, 2.24) is 10.2 Å². The molecule has 0 spiro atoms. The number of primary amides is 1. The average molecular weight is 580 g/mol. The highest BCUT2D eigenvalue weighted by atomic mass is 19.4. The molecule has 5 rings (SSSR count). The van der Waals surface area contributed by atoms with E-state index in [1.807, 2.05) is 6.92 Å². The van der Waals surface area contributed by atoms with E-state index in [4.69, 9.17) is 5.73 Å². The van der Waals surface area contributed by atoms with Crippen molar-refractivity contribution >= 4 is 17.5 Å². The van der Waals surface area contributed by atoms with Gasteiger partial charge in [0.25, 0.3) is 5.91 Å². The second kappa shape index (κ2) is 9.30. The zero-order valence-corrected chi connectivity index (χ0v) is 22.7. The Balaban J connectivity index is 1.68. The number of ketones is 2. The number of aromatic hydroxyl groups is 1. The van der Waals surface area contributed by atoms with Crippen molar-refractivity contribution < 1.29 is 48.0 Å². The number of phenolic OH excluding ortho intramolecular Hbond substituents is 1. The van der Waals surface area contributed by atoms with Crippen molar-refractivity contribution in [1.29, 1.82) is 0 Å². The quantitative estimate of drug-likeness (QED) is 0.286. The smallest absolute Gasteiger partial charge is 0.417 e. The number of hydrogen-bond donors (Lipinski definition) is 6. The number of aliphatic hydroxyl groups excluding tert-OH is 2. The highest BCUT2D eigenvalue weighted by molar-refractivity contribution is 6.24. The van der Waals surface area contributed by atoms with Crippen molar-refractivity contribution in [2.24, 2.45) is 17.6 Å². The lowest BCUT2D eigenvalue weighted by Crippen LogP contribution is -2.63. The van der Waals surface area contributed by atoms with Crippen LogP contribution in [0.15, 0.2) is 28.7 Å². The van der Waals surface area contributed by atoms with Crippen LogP contribution < -0.4 is 11.1 Å². The summed E-state index contributed by atoms with van der Waals surface area (Å²) in [6.45, 7) is 1.70. The van der Waals surface area contributed by atoms with Crippen LogP contribution in [0.5, 0.6) is 5.75 Å². The van der Waals surface area contributed by atoms with Crippen LogP contribution >= 0.6 is 0 Å². The van der Waals surface area contributed by atoms with E-state index in [9.17, 15) is 48.0 Å². The zero-order valence-electron chi connectivity index (χ0n) is 22.7. The Morgan fingerprint density at radius 2 is 1.83 bits per heavy atom. The lowest BCUT2D eigenvalue weighted by atomic mass is 9.58. The molecule has 10 nitrogen and oxygen atoms in total. The summed E-state index contributed by atoms with van der Waals surface area (Å²) in [5, 5.41) is 47.7. The number of allylic oxidation sites excluding steroid dienone is 1. The highest BCUT2D eigenvalue weighted by Gasteiger charge is 2.63. The molecule has 222 valence electrons. The third-order valence-electron chi connectivity index (χ3n) is 9.25. The number of aliphatic hydroxyl groups is 3. The predicted octanol–water partition coefficient (Wildman–Crippen LogP) is 2.17. The second-order valence-electron chi connectivity index (χ2n) is 12.0. The van der Waals surface area contributed by atoms with Gasteiger partial charge in [0.1, 0.15) is 22.8 Å². The molecule has 4 atom stereocenters. The van der Waals surface area contributed by atoms with Crippen molar-refractivity contribution in [3.05, 3.63) is 51.0 Å². The number of alkyl halides is 3. The first-order chi connectivity index (χ1) is 18.9. The normalized spacial score (nSPS) is 29.2. The minimum absolute atomic E-state index is 0.201. The Hall–Kier alpha value is -3.42. The van der Waals surface area contributed by atoms with Crippen LogP contribution in [0.25, 0.3) is 0 Å². The molecule has 7 N–H and O–H groups in total. The van der Waals surface area contributed by atoms with Crippen molar-refractivity contribution in [2.45, 2.75) is 68.9 Å². The summed E-state index contributed by atoms with van der Waals surface area (Å²) in [4.78, 5) is 40.5. The first-order valence-corrected chi connectivity index (χ1v) is 13.3. The number of fused-ring (bicyclic) bond motifs is 3. The van der Waals surface area contributed by atoms with Gasteiger partial charge >= 0.3 is 6.18 Å². The maximum atomic E-state index is 14.6. The maximum absolute atomic E-state index is 14.6. The van der Waals surface area contributed by atoms with E-state index in [1.165, 1.54) is 19.0 Å². The summed E-state index contributed by atoms with van der Waals surface area (Å²) in [5.74, 6) is -8.99. The molecular formula is C28H32F3N3O7. The molecule has 0 saturated heterocycles. The topological polar surface area (TPSA) is 173 Å². The number of halogens is 3.